The van der Waals surface area contributed by atoms with Crippen LogP contribution in [0.25, 0.3) is 5.69 Å². The largest absolute Gasteiger partial charge is 0.352 e. The lowest BCUT2D eigenvalue weighted by Gasteiger charge is -2.33. The number of hydrogen-bond acceptors (Lipinski definition) is 2. The van der Waals surface area contributed by atoms with Gasteiger partial charge in [-0.05, 0) is 61.5 Å². The fourth-order valence-electron chi connectivity index (χ4n) is 4.72. The number of hydrogen-bond donors (Lipinski definition) is 1. The average Bonchev–Trinajstić information content (AvgIpc) is 3.48. The van der Waals surface area contributed by atoms with Crippen molar-refractivity contribution in [1.29, 1.82) is 0 Å². The van der Waals surface area contributed by atoms with Crippen LogP contribution < -0.4 is 5.32 Å². The molecule has 0 bridgehead atoms. The Bertz CT molecular complexity index is 947. The first-order chi connectivity index (χ1) is 13.8. The van der Waals surface area contributed by atoms with Gasteiger partial charge in [-0.3, -0.25) is 4.98 Å². The number of thiocarbonyl (C=S) groups is 1. The molecule has 3 aromatic rings. The zero-order chi connectivity index (χ0) is 18.9. The standard InChI is InChI=1S/C23H24N4S/c28-23-25-21(19-13-6-7-15-24-19)22(27(23)18-11-4-5-12-18)20-14-8-16-26(20)17-9-2-1-3-10-17/h1-3,6-10,13-16,18,21-22H,4-5,11-12H2,(H,25,28)/t21-,22-/m1/s1. The van der Waals surface area contributed by atoms with Crippen LogP contribution in [0.3, 0.4) is 0 Å². The van der Waals surface area contributed by atoms with Crippen LogP contribution in [-0.4, -0.2) is 25.6 Å². The highest BCUT2D eigenvalue weighted by Gasteiger charge is 2.44. The van der Waals surface area contributed by atoms with Crippen LogP contribution in [0.4, 0.5) is 0 Å². The summed E-state index contributed by atoms with van der Waals surface area (Å²) in [5, 5.41) is 4.45. The highest BCUT2D eigenvalue weighted by atomic mass is 32.1. The minimum atomic E-state index is 0.0478. The second-order valence-corrected chi connectivity index (χ2v) is 8.00. The molecule has 0 unspecified atom stereocenters. The lowest BCUT2D eigenvalue weighted by Crippen LogP contribution is -2.38. The second-order valence-electron chi connectivity index (χ2n) is 7.61. The maximum atomic E-state index is 5.84. The first kappa shape index (κ1) is 17.4. The Labute approximate surface area is 171 Å². The molecule has 2 atom stereocenters. The van der Waals surface area contributed by atoms with Crippen molar-refractivity contribution in [3.8, 4) is 5.69 Å². The first-order valence-electron chi connectivity index (χ1n) is 10.1. The molecule has 1 saturated heterocycles. The van der Waals surface area contributed by atoms with Crippen LogP contribution in [0.5, 0.6) is 0 Å². The molecule has 5 rings (SSSR count). The summed E-state index contributed by atoms with van der Waals surface area (Å²) in [6.45, 7) is 0. The van der Waals surface area contributed by atoms with Gasteiger partial charge in [-0.1, -0.05) is 37.1 Å². The van der Waals surface area contributed by atoms with Gasteiger partial charge in [0.25, 0.3) is 0 Å². The van der Waals surface area contributed by atoms with Gasteiger partial charge >= 0.3 is 0 Å². The van der Waals surface area contributed by atoms with Gasteiger partial charge in [-0.2, -0.15) is 0 Å². The molecular formula is C23H24N4S. The Kier molecular flexibility index (Phi) is 4.61. The van der Waals surface area contributed by atoms with E-state index in [4.69, 9.17) is 12.2 Å². The van der Waals surface area contributed by atoms with Gasteiger partial charge in [0.1, 0.15) is 0 Å². The number of aromatic nitrogens is 2. The summed E-state index contributed by atoms with van der Waals surface area (Å²) in [7, 11) is 0. The molecule has 2 fully saturated rings. The van der Waals surface area contributed by atoms with Crippen molar-refractivity contribution in [2.45, 2.75) is 43.8 Å². The van der Waals surface area contributed by atoms with E-state index in [1.165, 1.54) is 37.1 Å². The molecule has 1 aliphatic heterocycles. The zero-order valence-electron chi connectivity index (χ0n) is 15.7. The van der Waals surface area contributed by atoms with E-state index in [2.05, 4.69) is 80.6 Å². The fourth-order valence-corrected chi connectivity index (χ4v) is 5.11. The van der Waals surface area contributed by atoms with E-state index >= 15 is 0 Å². The summed E-state index contributed by atoms with van der Waals surface area (Å²) in [6, 6.07) is 21.7. The van der Waals surface area contributed by atoms with Crippen LogP contribution in [0.2, 0.25) is 0 Å². The summed E-state index contributed by atoms with van der Waals surface area (Å²) in [5.41, 5.74) is 3.46. The van der Waals surface area contributed by atoms with Crippen molar-refractivity contribution >= 4 is 17.3 Å². The Hall–Kier alpha value is -2.66. The predicted octanol–water partition coefficient (Wildman–Crippen LogP) is 4.79. The molecule has 4 nitrogen and oxygen atoms in total. The number of nitrogens with one attached hydrogen (secondary N) is 1. The van der Waals surface area contributed by atoms with Crippen molar-refractivity contribution < 1.29 is 0 Å². The van der Waals surface area contributed by atoms with Crippen LogP contribution in [0.1, 0.15) is 49.2 Å². The molecule has 1 aromatic carbocycles. The van der Waals surface area contributed by atoms with E-state index in [0.717, 1.165) is 10.8 Å². The van der Waals surface area contributed by atoms with Crippen LogP contribution in [-0.2, 0) is 0 Å². The molecule has 28 heavy (non-hydrogen) atoms. The van der Waals surface area contributed by atoms with Gasteiger partial charge in [0.05, 0.1) is 17.8 Å². The van der Waals surface area contributed by atoms with E-state index in [9.17, 15) is 0 Å². The highest BCUT2D eigenvalue weighted by Crippen LogP contribution is 2.43. The molecule has 0 radical (unpaired) electrons. The van der Waals surface area contributed by atoms with Crippen LogP contribution in [0.15, 0.2) is 73.1 Å². The molecule has 142 valence electrons. The number of para-hydroxylation sites is 1. The van der Waals surface area contributed by atoms with Crippen LogP contribution in [0, 0.1) is 0 Å². The number of benzene rings is 1. The normalized spacial score (nSPS) is 22.6. The maximum absolute atomic E-state index is 5.84. The van der Waals surface area contributed by atoms with Crippen LogP contribution >= 0.6 is 12.2 Å². The quantitative estimate of drug-likeness (QED) is 0.652. The van der Waals surface area contributed by atoms with Crippen molar-refractivity contribution in [2.24, 2.45) is 0 Å². The van der Waals surface area contributed by atoms with E-state index in [0.29, 0.717) is 6.04 Å². The molecular weight excluding hydrogens is 364 g/mol. The van der Waals surface area contributed by atoms with E-state index < -0.39 is 0 Å². The molecule has 2 aromatic heterocycles. The van der Waals surface area contributed by atoms with Gasteiger partial charge < -0.3 is 14.8 Å². The molecule has 1 aliphatic carbocycles. The molecule has 2 aliphatic rings. The summed E-state index contributed by atoms with van der Waals surface area (Å²) in [5.74, 6) is 0. The highest BCUT2D eigenvalue weighted by molar-refractivity contribution is 7.80. The maximum Gasteiger partial charge on any atom is 0.170 e. The number of pyridine rings is 1. The summed E-state index contributed by atoms with van der Waals surface area (Å²) >= 11 is 5.84. The molecule has 0 amide bonds. The van der Waals surface area contributed by atoms with Gasteiger partial charge in [0, 0.05) is 29.8 Å². The Morgan fingerprint density at radius 2 is 1.71 bits per heavy atom. The Balaban J connectivity index is 1.62. The van der Waals surface area contributed by atoms with Crippen molar-refractivity contribution in [3.05, 3.63) is 84.4 Å². The van der Waals surface area contributed by atoms with Crippen molar-refractivity contribution in [1.82, 2.24) is 19.8 Å². The third-order valence-corrected chi connectivity index (χ3v) is 6.30. The minimum absolute atomic E-state index is 0.0478. The molecule has 1 N–H and O–H groups in total. The number of nitrogens with zero attached hydrogens (tertiary/aromatic N) is 3. The van der Waals surface area contributed by atoms with Gasteiger partial charge in [-0.15, -0.1) is 0 Å². The lowest BCUT2D eigenvalue weighted by atomic mass is 9.99. The third kappa shape index (κ3) is 3.00. The van der Waals surface area contributed by atoms with E-state index in [-0.39, 0.29) is 12.1 Å². The van der Waals surface area contributed by atoms with Gasteiger partial charge in [0.2, 0.25) is 0 Å². The molecule has 5 heteroatoms. The smallest absolute Gasteiger partial charge is 0.170 e. The van der Waals surface area contributed by atoms with E-state index in [1.54, 1.807) is 0 Å². The first-order valence-corrected chi connectivity index (χ1v) is 10.5. The predicted molar refractivity (Wildman–Crippen MR) is 115 cm³/mol. The lowest BCUT2D eigenvalue weighted by molar-refractivity contribution is 0.239. The molecule has 0 spiro atoms. The summed E-state index contributed by atoms with van der Waals surface area (Å²) in [4.78, 5) is 7.12. The number of rotatable bonds is 4. The molecule has 3 heterocycles. The second kappa shape index (κ2) is 7.40. The molecule has 1 saturated carbocycles. The Morgan fingerprint density at radius 1 is 0.929 bits per heavy atom. The third-order valence-electron chi connectivity index (χ3n) is 5.97. The fraction of sp³-hybridized carbons (Fsp3) is 0.304. The van der Waals surface area contributed by atoms with Crippen molar-refractivity contribution in [3.63, 3.8) is 0 Å². The average molecular weight is 389 g/mol. The Morgan fingerprint density at radius 3 is 2.46 bits per heavy atom. The minimum Gasteiger partial charge on any atom is -0.352 e. The van der Waals surface area contributed by atoms with Gasteiger partial charge in [-0.25, -0.2) is 0 Å². The summed E-state index contributed by atoms with van der Waals surface area (Å²) in [6.07, 6.45) is 8.99. The SMILES string of the molecule is S=C1N[C@H](c2ccccn2)[C@@H](c2cccn2-c2ccccc2)N1C1CCCC1. The monoisotopic (exact) mass is 388 g/mol. The van der Waals surface area contributed by atoms with Crippen molar-refractivity contribution in [2.75, 3.05) is 0 Å². The van der Waals surface area contributed by atoms with Gasteiger partial charge in [0.15, 0.2) is 5.11 Å². The topological polar surface area (TPSA) is 33.1 Å². The summed E-state index contributed by atoms with van der Waals surface area (Å²) < 4.78 is 2.29. The zero-order valence-corrected chi connectivity index (χ0v) is 16.6. The van der Waals surface area contributed by atoms with E-state index in [1.807, 2.05) is 12.3 Å².